The molecule has 0 fully saturated rings. The molecule has 0 aliphatic carbocycles. The van der Waals surface area contributed by atoms with Crippen molar-refractivity contribution in [2.24, 2.45) is 22.6 Å². The van der Waals surface area contributed by atoms with Crippen LogP contribution in [0.3, 0.4) is 0 Å². The highest BCUT2D eigenvalue weighted by molar-refractivity contribution is 5.82. The van der Waals surface area contributed by atoms with Crippen molar-refractivity contribution >= 4 is 5.84 Å². The zero-order valence-corrected chi connectivity index (χ0v) is 6.59. The van der Waals surface area contributed by atoms with Gasteiger partial charge in [0.25, 0.3) is 0 Å². The molecule has 1 unspecified atom stereocenters. The van der Waals surface area contributed by atoms with Crippen LogP contribution in [0.15, 0.2) is 5.10 Å². The van der Waals surface area contributed by atoms with Crippen LogP contribution in [0.2, 0.25) is 0 Å². The summed E-state index contributed by atoms with van der Waals surface area (Å²) in [7, 11) is 0. The summed E-state index contributed by atoms with van der Waals surface area (Å²) in [6.45, 7) is 4.14. The van der Waals surface area contributed by atoms with Crippen LogP contribution in [0.4, 0.5) is 0 Å². The maximum atomic E-state index is 5.52. The molecule has 0 amide bonds. The van der Waals surface area contributed by atoms with Crippen LogP contribution >= 0.6 is 0 Å². The molecule has 0 heterocycles. The van der Waals surface area contributed by atoms with Gasteiger partial charge < -0.3 is 5.73 Å². The maximum absolute atomic E-state index is 5.52. The molecular formula is C6H16N4. The number of hydrogen-bond acceptors (Lipinski definition) is 3. The second-order valence-corrected chi connectivity index (χ2v) is 2.36. The lowest BCUT2D eigenvalue weighted by molar-refractivity contribution is 0.649. The monoisotopic (exact) mass is 144 g/mol. The summed E-state index contributed by atoms with van der Waals surface area (Å²) in [6, 6.07) is 0. The average Bonchev–Trinajstić information content (AvgIpc) is 1.89. The molecule has 4 nitrogen and oxygen atoms in total. The molecule has 4 heteroatoms. The molecular weight excluding hydrogens is 128 g/mol. The van der Waals surface area contributed by atoms with E-state index in [4.69, 9.17) is 11.6 Å². The van der Waals surface area contributed by atoms with Crippen LogP contribution in [0, 0.1) is 5.92 Å². The van der Waals surface area contributed by atoms with Gasteiger partial charge in [-0.3, -0.25) is 0 Å². The highest BCUT2D eigenvalue weighted by Crippen LogP contribution is 2.03. The van der Waals surface area contributed by atoms with Gasteiger partial charge in [0.15, 0.2) is 0 Å². The molecule has 0 saturated heterocycles. The van der Waals surface area contributed by atoms with E-state index in [1.807, 2.05) is 6.92 Å². The first-order valence-electron chi connectivity index (χ1n) is 3.51. The predicted molar refractivity (Wildman–Crippen MR) is 43.0 cm³/mol. The Morgan fingerprint density at radius 1 is 1.70 bits per heavy atom. The van der Waals surface area contributed by atoms with Crippen molar-refractivity contribution in [1.29, 1.82) is 0 Å². The molecule has 0 spiro atoms. The number of rotatable bonds is 4. The lowest BCUT2D eigenvalue weighted by Gasteiger charge is -2.07. The molecule has 1 atom stereocenters. The number of amidine groups is 1. The first-order chi connectivity index (χ1) is 4.72. The van der Waals surface area contributed by atoms with E-state index in [-0.39, 0.29) is 0 Å². The largest absolute Gasteiger partial charge is 0.385 e. The Hall–Kier alpha value is -0.770. The minimum Gasteiger partial charge on any atom is -0.385 e. The Labute approximate surface area is 61.6 Å². The second kappa shape index (κ2) is 5.05. The smallest absolute Gasteiger partial charge is 0.124 e. The van der Waals surface area contributed by atoms with Crippen molar-refractivity contribution < 1.29 is 0 Å². The molecule has 0 aromatic carbocycles. The van der Waals surface area contributed by atoms with Crippen LogP contribution in [0.25, 0.3) is 0 Å². The highest BCUT2D eigenvalue weighted by Gasteiger charge is 2.03. The van der Waals surface area contributed by atoms with E-state index in [0.29, 0.717) is 11.8 Å². The Bertz CT molecular complexity index is 110. The van der Waals surface area contributed by atoms with Crippen molar-refractivity contribution in [3.63, 3.8) is 0 Å². The van der Waals surface area contributed by atoms with Crippen LogP contribution in [-0.4, -0.2) is 5.84 Å². The van der Waals surface area contributed by atoms with Gasteiger partial charge >= 0.3 is 0 Å². The molecule has 0 aliphatic rings. The Kier molecular flexibility index (Phi) is 4.66. The quantitative estimate of drug-likeness (QED) is 0.228. The van der Waals surface area contributed by atoms with E-state index in [0.717, 1.165) is 12.8 Å². The van der Waals surface area contributed by atoms with E-state index in [1.54, 1.807) is 0 Å². The fraction of sp³-hybridized carbons (Fsp3) is 0.833. The predicted octanol–water partition coefficient (Wildman–Crippen LogP) is 0.158. The van der Waals surface area contributed by atoms with E-state index >= 15 is 0 Å². The van der Waals surface area contributed by atoms with Crippen molar-refractivity contribution in [2.75, 3.05) is 0 Å². The van der Waals surface area contributed by atoms with Gasteiger partial charge in [0.1, 0.15) is 5.84 Å². The standard InChI is InChI=1S/C6H16N4/c1-3-4-5(2)6(7)9-10-8/h5,10H,3-4,8H2,1-2H3,(H2,7,9). The SMILES string of the molecule is CCCC(C)/C(N)=N/NN. The molecule has 0 bridgehead atoms. The summed E-state index contributed by atoms with van der Waals surface area (Å²) in [5.74, 6) is 5.84. The topological polar surface area (TPSA) is 76.4 Å². The van der Waals surface area contributed by atoms with Crippen LogP contribution in [-0.2, 0) is 0 Å². The number of nitrogens with two attached hydrogens (primary N) is 2. The molecule has 10 heavy (non-hydrogen) atoms. The fourth-order valence-electron chi connectivity index (χ4n) is 0.766. The third-order valence-corrected chi connectivity index (χ3v) is 1.42. The summed E-state index contributed by atoms with van der Waals surface area (Å²) in [5, 5.41) is 3.67. The third-order valence-electron chi connectivity index (χ3n) is 1.42. The Morgan fingerprint density at radius 3 is 2.70 bits per heavy atom. The van der Waals surface area contributed by atoms with E-state index in [9.17, 15) is 0 Å². The summed E-state index contributed by atoms with van der Waals surface area (Å²) < 4.78 is 0. The minimum absolute atomic E-state index is 0.320. The van der Waals surface area contributed by atoms with Crippen LogP contribution < -0.4 is 17.1 Å². The van der Waals surface area contributed by atoms with Crippen molar-refractivity contribution in [1.82, 2.24) is 5.53 Å². The van der Waals surface area contributed by atoms with Crippen molar-refractivity contribution in [3.05, 3.63) is 0 Å². The zero-order chi connectivity index (χ0) is 7.98. The molecule has 0 saturated carbocycles. The lowest BCUT2D eigenvalue weighted by atomic mass is 10.1. The number of hydrazine groups is 1. The van der Waals surface area contributed by atoms with Crippen LogP contribution in [0.5, 0.6) is 0 Å². The van der Waals surface area contributed by atoms with Crippen LogP contribution in [0.1, 0.15) is 26.7 Å². The van der Waals surface area contributed by atoms with Gasteiger partial charge in [-0.05, 0) is 6.42 Å². The number of hydrogen-bond donors (Lipinski definition) is 3. The normalized spacial score (nSPS) is 14.9. The van der Waals surface area contributed by atoms with E-state index < -0.39 is 0 Å². The fourth-order valence-corrected chi connectivity index (χ4v) is 0.766. The number of nitrogens with zero attached hydrogens (tertiary/aromatic N) is 1. The summed E-state index contributed by atoms with van der Waals surface area (Å²) in [5.41, 5.74) is 7.69. The van der Waals surface area contributed by atoms with Gasteiger partial charge in [0.05, 0.1) is 0 Å². The molecule has 0 aliphatic heterocycles. The highest BCUT2D eigenvalue weighted by atomic mass is 15.5. The molecule has 0 radical (unpaired) electrons. The Balaban J connectivity index is 3.69. The van der Waals surface area contributed by atoms with Gasteiger partial charge in [0, 0.05) is 5.92 Å². The number of nitrogens with one attached hydrogen (secondary N) is 1. The number of hydrazone groups is 1. The minimum atomic E-state index is 0.320. The molecule has 60 valence electrons. The van der Waals surface area contributed by atoms with E-state index in [1.165, 1.54) is 0 Å². The Morgan fingerprint density at radius 2 is 2.30 bits per heavy atom. The van der Waals surface area contributed by atoms with Gasteiger partial charge in [0.2, 0.25) is 0 Å². The summed E-state index contributed by atoms with van der Waals surface area (Å²) >= 11 is 0. The second-order valence-electron chi connectivity index (χ2n) is 2.36. The van der Waals surface area contributed by atoms with Crippen molar-refractivity contribution in [3.8, 4) is 0 Å². The van der Waals surface area contributed by atoms with Gasteiger partial charge in [-0.1, -0.05) is 20.3 Å². The molecule has 0 rings (SSSR count). The van der Waals surface area contributed by atoms with Crippen molar-refractivity contribution in [2.45, 2.75) is 26.7 Å². The average molecular weight is 144 g/mol. The summed E-state index contributed by atoms with van der Waals surface area (Å²) in [4.78, 5) is 0. The molecule has 0 aromatic heterocycles. The maximum Gasteiger partial charge on any atom is 0.124 e. The summed E-state index contributed by atoms with van der Waals surface area (Å²) in [6.07, 6.45) is 2.17. The first kappa shape index (κ1) is 9.23. The van der Waals surface area contributed by atoms with Gasteiger partial charge in [-0.25, -0.2) is 11.4 Å². The van der Waals surface area contributed by atoms with E-state index in [2.05, 4.69) is 17.6 Å². The molecule has 5 N–H and O–H groups in total. The third kappa shape index (κ3) is 3.29. The lowest BCUT2D eigenvalue weighted by Crippen LogP contribution is -2.27. The first-order valence-corrected chi connectivity index (χ1v) is 3.51. The van der Waals surface area contributed by atoms with Gasteiger partial charge in [-0.15, -0.1) is 0 Å². The zero-order valence-electron chi connectivity index (χ0n) is 6.59. The van der Waals surface area contributed by atoms with Gasteiger partial charge in [-0.2, -0.15) is 5.10 Å². The molecule has 0 aromatic rings.